The molecule has 0 unspecified atom stereocenters. The molecule has 0 spiro atoms. The molecule has 1 aliphatic rings. The molecule has 0 aliphatic carbocycles. The van der Waals surface area contributed by atoms with Crippen LogP contribution in [0, 0.1) is 0 Å². The van der Waals surface area contributed by atoms with Crippen LogP contribution in [0.25, 0.3) is 0 Å². The van der Waals surface area contributed by atoms with Crippen LogP contribution in [0.15, 0.2) is 24.3 Å². The summed E-state index contributed by atoms with van der Waals surface area (Å²) in [5.74, 6) is -0.348. The zero-order valence-electron chi connectivity index (χ0n) is 16.0. The monoisotopic (exact) mass is 395 g/mol. The maximum Gasteiger partial charge on any atom is 0.239 e. The second-order valence-corrected chi connectivity index (χ2v) is 8.96. The van der Waals surface area contributed by atoms with Crippen LogP contribution in [0.4, 0.5) is 0 Å². The SMILES string of the molecule is CC(C)NS(=O)(=O)Cc1ccccc1CNC(=O)CN1CCCCCC1=O. The van der Waals surface area contributed by atoms with E-state index in [2.05, 4.69) is 10.0 Å². The smallest absolute Gasteiger partial charge is 0.239 e. The van der Waals surface area contributed by atoms with Gasteiger partial charge in [-0.1, -0.05) is 30.7 Å². The van der Waals surface area contributed by atoms with E-state index in [1.807, 2.05) is 6.07 Å². The highest BCUT2D eigenvalue weighted by Gasteiger charge is 2.20. The summed E-state index contributed by atoms with van der Waals surface area (Å²) >= 11 is 0. The quantitative estimate of drug-likeness (QED) is 0.698. The lowest BCUT2D eigenvalue weighted by Crippen LogP contribution is -2.40. The van der Waals surface area contributed by atoms with Crippen molar-refractivity contribution in [2.24, 2.45) is 0 Å². The summed E-state index contributed by atoms with van der Waals surface area (Å²) in [5.41, 5.74) is 1.40. The summed E-state index contributed by atoms with van der Waals surface area (Å²) in [6, 6.07) is 6.97. The van der Waals surface area contributed by atoms with E-state index in [4.69, 9.17) is 0 Å². The number of amides is 2. The number of benzene rings is 1. The predicted octanol–water partition coefficient (Wildman–Crippen LogP) is 1.53. The van der Waals surface area contributed by atoms with E-state index in [0.29, 0.717) is 18.5 Å². The highest BCUT2D eigenvalue weighted by molar-refractivity contribution is 7.88. The van der Waals surface area contributed by atoms with Crippen LogP contribution in [-0.2, 0) is 31.9 Å². The molecule has 1 heterocycles. The lowest BCUT2D eigenvalue weighted by molar-refractivity contribution is -0.135. The second-order valence-electron chi connectivity index (χ2n) is 7.20. The third-order valence-corrected chi connectivity index (χ3v) is 5.88. The van der Waals surface area contributed by atoms with Gasteiger partial charge in [0.05, 0.1) is 12.3 Å². The van der Waals surface area contributed by atoms with Gasteiger partial charge in [0.15, 0.2) is 0 Å². The van der Waals surface area contributed by atoms with Crippen molar-refractivity contribution in [2.75, 3.05) is 13.1 Å². The standard InChI is InChI=1S/C19H29N3O4S/c1-15(2)21-27(25,26)14-17-9-6-5-8-16(17)12-20-18(23)13-22-11-7-3-4-10-19(22)24/h5-6,8-9,15,21H,3-4,7,10-14H2,1-2H3,(H,20,23). The van der Waals surface area contributed by atoms with E-state index in [1.54, 1.807) is 36.9 Å². The summed E-state index contributed by atoms with van der Waals surface area (Å²) in [5, 5.41) is 2.81. The van der Waals surface area contributed by atoms with Crippen LogP contribution in [-0.4, -0.2) is 44.3 Å². The van der Waals surface area contributed by atoms with Gasteiger partial charge in [0.25, 0.3) is 0 Å². The Balaban J connectivity index is 1.95. The lowest BCUT2D eigenvalue weighted by atomic mass is 10.1. The van der Waals surface area contributed by atoms with Gasteiger partial charge in [-0.05, 0) is 37.8 Å². The van der Waals surface area contributed by atoms with Crippen molar-refractivity contribution in [3.05, 3.63) is 35.4 Å². The maximum absolute atomic E-state index is 12.2. The maximum atomic E-state index is 12.2. The molecule has 0 bridgehead atoms. The highest BCUT2D eigenvalue weighted by atomic mass is 32.2. The van der Waals surface area contributed by atoms with E-state index < -0.39 is 10.0 Å². The molecular weight excluding hydrogens is 366 g/mol. The summed E-state index contributed by atoms with van der Waals surface area (Å²) < 4.78 is 26.9. The fourth-order valence-electron chi connectivity index (χ4n) is 3.11. The normalized spacial score (nSPS) is 15.7. The van der Waals surface area contributed by atoms with E-state index in [9.17, 15) is 18.0 Å². The van der Waals surface area contributed by atoms with Crippen molar-refractivity contribution in [3.63, 3.8) is 0 Å². The number of nitrogens with zero attached hydrogens (tertiary/aromatic N) is 1. The molecule has 1 aromatic rings. The van der Waals surface area contributed by atoms with Gasteiger partial charge in [-0.15, -0.1) is 0 Å². The largest absolute Gasteiger partial charge is 0.350 e. The Morgan fingerprint density at radius 1 is 1.15 bits per heavy atom. The molecule has 150 valence electrons. The van der Waals surface area contributed by atoms with Crippen molar-refractivity contribution < 1.29 is 18.0 Å². The molecule has 27 heavy (non-hydrogen) atoms. The molecule has 8 heteroatoms. The fourth-order valence-corrected chi connectivity index (χ4v) is 4.60. The van der Waals surface area contributed by atoms with Crippen LogP contribution >= 0.6 is 0 Å². The lowest BCUT2D eigenvalue weighted by Gasteiger charge is -2.20. The molecule has 7 nitrogen and oxygen atoms in total. The molecule has 2 N–H and O–H groups in total. The Hall–Kier alpha value is -1.93. The number of carbonyl (C=O) groups is 2. The van der Waals surface area contributed by atoms with E-state index in [1.165, 1.54) is 0 Å². The number of hydrogen-bond acceptors (Lipinski definition) is 4. The minimum absolute atomic E-state index is 0.0221. The zero-order chi connectivity index (χ0) is 19.9. The van der Waals surface area contributed by atoms with Gasteiger partial charge in [0.2, 0.25) is 21.8 Å². The first kappa shape index (κ1) is 21.4. The number of sulfonamides is 1. The Labute approximate surface area is 161 Å². The number of likely N-dealkylation sites (tertiary alicyclic amines) is 1. The fraction of sp³-hybridized carbons (Fsp3) is 0.579. The van der Waals surface area contributed by atoms with Crippen LogP contribution in [0.3, 0.4) is 0 Å². The van der Waals surface area contributed by atoms with E-state index in [-0.39, 0.29) is 36.7 Å². The van der Waals surface area contributed by atoms with Gasteiger partial charge in [-0.25, -0.2) is 13.1 Å². The molecule has 0 aromatic heterocycles. The van der Waals surface area contributed by atoms with Crippen molar-refractivity contribution >= 4 is 21.8 Å². The molecule has 0 atom stereocenters. The van der Waals surface area contributed by atoms with Crippen LogP contribution in [0.1, 0.15) is 50.7 Å². The average Bonchev–Trinajstić information content (AvgIpc) is 2.77. The first-order valence-electron chi connectivity index (χ1n) is 9.38. The van der Waals surface area contributed by atoms with Crippen LogP contribution in [0.2, 0.25) is 0 Å². The Morgan fingerprint density at radius 3 is 2.56 bits per heavy atom. The van der Waals surface area contributed by atoms with E-state index in [0.717, 1.165) is 24.8 Å². The van der Waals surface area contributed by atoms with Gasteiger partial charge in [-0.3, -0.25) is 9.59 Å². The summed E-state index contributed by atoms with van der Waals surface area (Å²) in [7, 11) is -3.44. The minimum atomic E-state index is -3.44. The molecule has 0 saturated carbocycles. The third-order valence-electron chi connectivity index (χ3n) is 4.36. The molecule has 1 saturated heterocycles. The Kier molecular flexibility index (Phi) is 7.79. The Bertz CT molecular complexity index is 762. The zero-order valence-corrected chi connectivity index (χ0v) is 16.8. The third kappa shape index (κ3) is 7.30. The number of rotatable bonds is 8. The Morgan fingerprint density at radius 2 is 1.85 bits per heavy atom. The molecule has 1 fully saturated rings. The van der Waals surface area contributed by atoms with Crippen molar-refractivity contribution in [3.8, 4) is 0 Å². The summed E-state index contributed by atoms with van der Waals surface area (Å²) in [6.45, 7) is 4.44. The summed E-state index contributed by atoms with van der Waals surface area (Å²) in [4.78, 5) is 25.8. The minimum Gasteiger partial charge on any atom is -0.350 e. The van der Waals surface area contributed by atoms with Gasteiger partial charge in [0, 0.05) is 25.6 Å². The molecular formula is C19H29N3O4S. The summed E-state index contributed by atoms with van der Waals surface area (Å²) in [6.07, 6.45) is 3.30. The highest BCUT2D eigenvalue weighted by Crippen LogP contribution is 2.13. The van der Waals surface area contributed by atoms with Crippen molar-refractivity contribution in [1.82, 2.24) is 14.9 Å². The first-order chi connectivity index (χ1) is 12.8. The van der Waals surface area contributed by atoms with Gasteiger partial charge < -0.3 is 10.2 Å². The van der Waals surface area contributed by atoms with Crippen LogP contribution < -0.4 is 10.0 Å². The molecule has 2 rings (SSSR count). The average molecular weight is 396 g/mol. The first-order valence-corrected chi connectivity index (χ1v) is 11.0. The molecule has 1 aromatic carbocycles. The second kappa shape index (κ2) is 9.85. The van der Waals surface area contributed by atoms with Gasteiger partial charge in [-0.2, -0.15) is 0 Å². The van der Waals surface area contributed by atoms with Gasteiger partial charge >= 0.3 is 0 Å². The molecule has 2 amide bonds. The number of carbonyl (C=O) groups excluding carboxylic acids is 2. The number of hydrogen-bond donors (Lipinski definition) is 2. The van der Waals surface area contributed by atoms with Gasteiger partial charge in [0.1, 0.15) is 0 Å². The topological polar surface area (TPSA) is 95.6 Å². The van der Waals surface area contributed by atoms with Crippen molar-refractivity contribution in [2.45, 2.75) is 57.9 Å². The van der Waals surface area contributed by atoms with Crippen molar-refractivity contribution in [1.29, 1.82) is 0 Å². The molecule has 1 aliphatic heterocycles. The van der Waals surface area contributed by atoms with E-state index >= 15 is 0 Å². The molecule has 0 radical (unpaired) electrons. The number of nitrogens with one attached hydrogen (secondary N) is 2. The van der Waals surface area contributed by atoms with Crippen LogP contribution in [0.5, 0.6) is 0 Å². The predicted molar refractivity (Wildman–Crippen MR) is 104 cm³/mol.